The first kappa shape index (κ1) is 22.4. The minimum absolute atomic E-state index is 0.261. The molecule has 3 heterocycles. The van der Waals surface area contributed by atoms with Gasteiger partial charge in [0.2, 0.25) is 0 Å². The van der Waals surface area contributed by atoms with E-state index in [4.69, 9.17) is 14.2 Å². The molecule has 172 valence electrons. The molecule has 7 nitrogen and oxygen atoms in total. The van der Waals surface area contributed by atoms with Crippen molar-refractivity contribution in [2.24, 2.45) is 5.92 Å². The number of benzene rings is 1. The highest BCUT2D eigenvalue weighted by Crippen LogP contribution is 2.48. The lowest BCUT2D eigenvalue weighted by atomic mass is 9.84. The summed E-state index contributed by atoms with van der Waals surface area (Å²) in [5, 5.41) is 9.87. The Morgan fingerprint density at radius 3 is 2.59 bits per heavy atom. The molecule has 1 aromatic heterocycles. The van der Waals surface area contributed by atoms with Crippen molar-refractivity contribution in [2.45, 2.75) is 58.2 Å². The number of aromatic nitrogens is 1. The number of ether oxygens (including phenoxy) is 3. The zero-order valence-electron chi connectivity index (χ0n) is 19.4. The third kappa shape index (κ3) is 4.13. The monoisotopic (exact) mass is 440 g/mol. The molecule has 1 unspecified atom stereocenters. The van der Waals surface area contributed by atoms with Crippen LogP contribution in [-0.2, 0) is 10.3 Å². The van der Waals surface area contributed by atoms with Crippen molar-refractivity contribution in [1.82, 2.24) is 9.88 Å². The maximum atomic E-state index is 12.0. The average Bonchev–Trinajstić information content (AvgIpc) is 2.68. The summed E-state index contributed by atoms with van der Waals surface area (Å²) in [6.07, 6.45) is 3.42. The number of carbonyl (C=O) groups is 1. The molecule has 0 saturated carbocycles. The van der Waals surface area contributed by atoms with Gasteiger partial charge >= 0.3 is 6.09 Å². The minimum atomic E-state index is -0.933. The van der Waals surface area contributed by atoms with E-state index in [0.29, 0.717) is 31.3 Å². The highest BCUT2D eigenvalue weighted by atomic mass is 16.6. The van der Waals surface area contributed by atoms with Gasteiger partial charge < -0.3 is 19.3 Å². The normalized spacial score (nSPS) is 17.1. The highest BCUT2D eigenvalue weighted by molar-refractivity contribution is 5.77. The fraction of sp³-hybridized carbons (Fsp3) is 0.520. The van der Waals surface area contributed by atoms with Crippen molar-refractivity contribution in [3.8, 4) is 22.6 Å². The second-order valence-electron chi connectivity index (χ2n) is 10.1. The average molecular weight is 441 g/mol. The lowest BCUT2D eigenvalue weighted by Crippen LogP contribution is -2.53. The Bertz CT molecular complexity index is 994. The largest absolute Gasteiger partial charge is 0.491 e. The van der Waals surface area contributed by atoms with E-state index in [1.165, 1.54) is 4.90 Å². The van der Waals surface area contributed by atoms with Crippen LogP contribution in [0.1, 0.15) is 46.6 Å². The Balaban J connectivity index is 1.58. The summed E-state index contributed by atoms with van der Waals surface area (Å²) in [7, 11) is 0. The summed E-state index contributed by atoms with van der Waals surface area (Å²) in [6, 6.07) is 7.54. The Labute approximate surface area is 189 Å². The Morgan fingerprint density at radius 1 is 1.25 bits per heavy atom. The van der Waals surface area contributed by atoms with Crippen molar-refractivity contribution >= 4 is 6.09 Å². The van der Waals surface area contributed by atoms with Crippen LogP contribution in [0.15, 0.2) is 36.7 Å². The van der Waals surface area contributed by atoms with Gasteiger partial charge in [0.25, 0.3) is 0 Å². The number of amides is 1. The third-order valence-corrected chi connectivity index (χ3v) is 6.01. The second kappa shape index (κ2) is 8.28. The third-order valence-electron chi connectivity index (χ3n) is 6.01. The summed E-state index contributed by atoms with van der Waals surface area (Å²) < 4.78 is 18.0. The molecule has 4 rings (SSSR count). The van der Waals surface area contributed by atoms with Crippen LogP contribution in [0.2, 0.25) is 0 Å². The number of hydrogen-bond donors (Lipinski definition) is 1. The smallest absolute Gasteiger partial charge is 0.408 e. The van der Waals surface area contributed by atoms with Crippen molar-refractivity contribution in [1.29, 1.82) is 0 Å². The fourth-order valence-corrected chi connectivity index (χ4v) is 4.63. The number of hydrogen-bond acceptors (Lipinski definition) is 5. The Hall–Kier alpha value is -2.80. The molecular formula is C25H32N2O5. The summed E-state index contributed by atoms with van der Waals surface area (Å²) >= 11 is 0. The molecule has 1 N–H and O–H groups in total. The van der Waals surface area contributed by atoms with E-state index >= 15 is 0 Å². The molecule has 1 saturated heterocycles. The second-order valence-corrected chi connectivity index (χ2v) is 10.1. The van der Waals surface area contributed by atoms with Crippen molar-refractivity contribution in [3.63, 3.8) is 0 Å². The molecule has 1 amide bonds. The molecule has 2 aliphatic rings. The molecule has 2 aromatic rings. The zero-order valence-corrected chi connectivity index (χ0v) is 19.4. The summed E-state index contributed by atoms with van der Waals surface area (Å²) in [5.74, 6) is 1.74. The predicted octanol–water partition coefficient (Wildman–Crippen LogP) is 4.94. The molecule has 0 radical (unpaired) electrons. The van der Waals surface area contributed by atoms with E-state index < -0.39 is 17.2 Å². The van der Waals surface area contributed by atoms with Gasteiger partial charge in [0.05, 0.1) is 19.3 Å². The summed E-state index contributed by atoms with van der Waals surface area (Å²) in [5.41, 5.74) is 2.11. The van der Waals surface area contributed by atoms with Crippen molar-refractivity contribution in [3.05, 3.63) is 42.2 Å². The van der Waals surface area contributed by atoms with E-state index in [1.54, 1.807) is 6.20 Å². The van der Waals surface area contributed by atoms with Gasteiger partial charge in [-0.05, 0) is 56.9 Å². The quantitative estimate of drug-likeness (QED) is 0.685. The molecule has 32 heavy (non-hydrogen) atoms. The lowest BCUT2D eigenvalue weighted by Gasteiger charge is -2.45. The van der Waals surface area contributed by atoms with Crippen LogP contribution in [-0.4, -0.2) is 52.5 Å². The minimum Gasteiger partial charge on any atom is -0.491 e. The SMILES string of the molecule is CC(C)CC(COc1ccc2c(c1)OC1(COC1)c1cnccc1-2)N(C(=O)O)C(C)(C)C. The zero-order chi connectivity index (χ0) is 23.1. The summed E-state index contributed by atoms with van der Waals surface area (Å²) in [6.45, 7) is 11.2. The molecule has 1 aromatic carbocycles. The van der Waals surface area contributed by atoms with Crippen LogP contribution in [0, 0.1) is 5.92 Å². The van der Waals surface area contributed by atoms with E-state index in [2.05, 4.69) is 18.8 Å². The predicted molar refractivity (Wildman–Crippen MR) is 121 cm³/mol. The van der Waals surface area contributed by atoms with Crippen LogP contribution in [0.25, 0.3) is 11.1 Å². The first-order chi connectivity index (χ1) is 15.1. The van der Waals surface area contributed by atoms with Crippen LogP contribution in [0.3, 0.4) is 0 Å². The molecule has 1 spiro atoms. The van der Waals surface area contributed by atoms with Crippen LogP contribution < -0.4 is 9.47 Å². The Morgan fingerprint density at radius 2 is 2.00 bits per heavy atom. The van der Waals surface area contributed by atoms with Gasteiger partial charge in [-0.2, -0.15) is 0 Å². The van der Waals surface area contributed by atoms with Gasteiger partial charge in [-0.1, -0.05) is 13.8 Å². The number of rotatable bonds is 6. The molecule has 0 bridgehead atoms. The lowest BCUT2D eigenvalue weighted by molar-refractivity contribution is -0.169. The van der Waals surface area contributed by atoms with Gasteiger partial charge in [-0.3, -0.25) is 9.88 Å². The van der Waals surface area contributed by atoms with Crippen LogP contribution >= 0.6 is 0 Å². The van der Waals surface area contributed by atoms with Gasteiger partial charge in [-0.15, -0.1) is 0 Å². The maximum Gasteiger partial charge on any atom is 0.408 e. The first-order valence-corrected chi connectivity index (χ1v) is 11.1. The molecule has 1 atom stereocenters. The standard InChI is InChI=1S/C25H32N2O5/c1-16(2)10-17(27(23(28)29)24(3,4)5)13-31-18-6-7-20-19-8-9-26-12-21(19)25(14-30-15-25)32-22(20)11-18/h6-9,11-12,16-17H,10,13-15H2,1-5H3,(H,28,29). The topological polar surface area (TPSA) is 81.1 Å². The number of nitrogens with zero attached hydrogens (tertiary/aromatic N) is 2. The van der Waals surface area contributed by atoms with E-state index in [9.17, 15) is 9.90 Å². The van der Waals surface area contributed by atoms with Gasteiger partial charge in [0.15, 0.2) is 5.60 Å². The highest BCUT2D eigenvalue weighted by Gasteiger charge is 2.48. The number of pyridine rings is 1. The van der Waals surface area contributed by atoms with Gasteiger partial charge in [0.1, 0.15) is 18.1 Å². The Kier molecular flexibility index (Phi) is 5.79. The maximum absolute atomic E-state index is 12.0. The van der Waals surface area contributed by atoms with E-state index in [1.807, 2.05) is 51.2 Å². The van der Waals surface area contributed by atoms with Crippen molar-refractivity contribution in [2.75, 3.05) is 19.8 Å². The number of fused-ring (bicyclic) bond motifs is 4. The number of carboxylic acid groups (broad SMARTS) is 1. The summed E-state index contributed by atoms with van der Waals surface area (Å²) in [4.78, 5) is 17.8. The van der Waals surface area contributed by atoms with Crippen molar-refractivity contribution < 1.29 is 24.1 Å². The molecule has 2 aliphatic heterocycles. The van der Waals surface area contributed by atoms with E-state index in [0.717, 1.165) is 22.4 Å². The molecule has 7 heteroatoms. The molecular weight excluding hydrogens is 408 g/mol. The van der Waals surface area contributed by atoms with E-state index in [-0.39, 0.29) is 12.6 Å². The fourth-order valence-electron chi connectivity index (χ4n) is 4.63. The molecule has 0 aliphatic carbocycles. The molecule has 1 fully saturated rings. The van der Waals surface area contributed by atoms with Crippen LogP contribution in [0.5, 0.6) is 11.5 Å². The van der Waals surface area contributed by atoms with Crippen LogP contribution in [0.4, 0.5) is 4.79 Å². The van der Waals surface area contributed by atoms with Gasteiger partial charge in [0, 0.05) is 35.1 Å². The first-order valence-electron chi connectivity index (χ1n) is 11.1. The van der Waals surface area contributed by atoms with Gasteiger partial charge in [-0.25, -0.2) is 4.79 Å².